The monoisotopic (exact) mass is 451 g/mol. The molecular formula is C21H20F3N3O5. The van der Waals surface area contributed by atoms with Gasteiger partial charge in [-0.1, -0.05) is 0 Å². The highest BCUT2D eigenvalue weighted by Crippen LogP contribution is 2.64. The van der Waals surface area contributed by atoms with Gasteiger partial charge in [0.15, 0.2) is 0 Å². The molecule has 8 nitrogen and oxygen atoms in total. The van der Waals surface area contributed by atoms with Crippen molar-refractivity contribution >= 4 is 6.09 Å². The van der Waals surface area contributed by atoms with Crippen LogP contribution in [-0.4, -0.2) is 33.5 Å². The minimum atomic E-state index is -4.81. The van der Waals surface area contributed by atoms with Crippen molar-refractivity contribution in [1.29, 1.82) is 5.26 Å². The van der Waals surface area contributed by atoms with Gasteiger partial charge in [-0.15, -0.1) is 0 Å². The molecule has 0 radical (unpaired) electrons. The zero-order chi connectivity index (χ0) is 23.6. The maximum atomic E-state index is 13.4. The van der Waals surface area contributed by atoms with Gasteiger partial charge in [-0.2, -0.15) is 18.4 Å². The standard InChI is InChI=1S/C21H20F3N3O5/c1-4-31-18(30)26-13-8-19(2)14-15(20(13,3)32-19)17(29)27(16(14)28)11-6-5-10(9-25)12(7-11)21(22,23)24/h5-7,13,28-29H,4,8H2,1-3H3,(H,26,30)/t13-,19+,20-/m1/s1. The predicted octanol–water partition coefficient (Wildman–Crippen LogP) is 3.76. The number of halogens is 3. The second-order valence-corrected chi connectivity index (χ2v) is 8.13. The first-order valence-electron chi connectivity index (χ1n) is 9.80. The van der Waals surface area contributed by atoms with E-state index < -0.39 is 52.4 Å². The fraction of sp³-hybridized carbons (Fsp3) is 0.429. The molecule has 0 spiro atoms. The number of carbonyl (C=O) groups excluding carboxylic acids is 1. The number of alkyl carbamates (subject to hydrolysis) is 1. The Morgan fingerprint density at radius 1 is 1.34 bits per heavy atom. The molecule has 3 atom stereocenters. The molecule has 0 unspecified atom stereocenters. The summed E-state index contributed by atoms with van der Waals surface area (Å²) >= 11 is 0. The van der Waals surface area contributed by atoms with Crippen molar-refractivity contribution < 1.29 is 37.7 Å². The average molecular weight is 451 g/mol. The molecule has 0 saturated carbocycles. The number of benzene rings is 1. The van der Waals surface area contributed by atoms with Gasteiger partial charge in [0.1, 0.15) is 5.60 Å². The van der Waals surface area contributed by atoms with Crippen molar-refractivity contribution in [3.8, 4) is 23.5 Å². The number of nitrogens with one attached hydrogen (secondary N) is 1. The molecule has 170 valence electrons. The first kappa shape index (κ1) is 21.8. The molecule has 1 saturated heterocycles. The summed E-state index contributed by atoms with van der Waals surface area (Å²) in [5.41, 5.74) is -3.92. The normalized spacial score (nSPS) is 26.0. The number of nitriles is 1. The summed E-state index contributed by atoms with van der Waals surface area (Å²) in [5, 5.41) is 33.6. The van der Waals surface area contributed by atoms with Crippen molar-refractivity contribution in [2.45, 2.75) is 50.6 Å². The lowest BCUT2D eigenvalue weighted by Gasteiger charge is -2.30. The molecule has 3 N–H and O–H groups in total. The molecule has 1 fully saturated rings. The quantitative estimate of drug-likeness (QED) is 0.654. The van der Waals surface area contributed by atoms with Crippen LogP contribution in [0, 0.1) is 11.3 Å². The van der Waals surface area contributed by atoms with Crippen LogP contribution in [0.5, 0.6) is 11.8 Å². The summed E-state index contributed by atoms with van der Waals surface area (Å²) < 4.78 is 52.2. The van der Waals surface area contributed by atoms with E-state index in [1.807, 2.05) is 0 Å². The SMILES string of the molecule is CCOC(=O)N[C@@H]1C[C@]2(C)O[C@@]1(C)c1c2c(O)n(-c2ccc(C#N)c(C(F)(F)F)c2)c1O. The lowest BCUT2D eigenvalue weighted by molar-refractivity contribution is -0.137. The van der Waals surface area contributed by atoms with Crippen LogP contribution in [0.4, 0.5) is 18.0 Å². The second kappa shape index (κ2) is 6.80. The van der Waals surface area contributed by atoms with Gasteiger partial charge in [0.2, 0.25) is 11.8 Å². The van der Waals surface area contributed by atoms with E-state index in [0.717, 1.165) is 10.6 Å². The number of amides is 1. The van der Waals surface area contributed by atoms with E-state index in [1.165, 1.54) is 12.1 Å². The summed E-state index contributed by atoms with van der Waals surface area (Å²) in [7, 11) is 0. The fourth-order valence-corrected chi connectivity index (χ4v) is 4.81. The lowest BCUT2D eigenvalue weighted by atomic mass is 9.76. The molecule has 32 heavy (non-hydrogen) atoms. The van der Waals surface area contributed by atoms with E-state index in [4.69, 9.17) is 14.7 Å². The fourth-order valence-electron chi connectivity index (χ4n) is 4.81. The molecule has 0 aliphatic carbocycles. The molecule has 2 aromatic rings. The first-order chi connectivity index (χ1) is 14.9. The van der Waals surface area contributed by atoms with Crippen molar-refractivity contribution in [3.63, 3.8) is 0 Å². The van der Waals surface area contributed by atoms with Gasteiger partial charge in [0.25, 0.3) is 0 Å². The largest absolute Gasteiger partial charge is 0.494 e. The van der Waals surface area contributed by atoms with Crippen LogP contribution in [0.2, 0.25) is 0 Å². The van der Waals surface area contributed by atoms with Gasteiger partial charge >= 0.3 is 12.3 Å². The van der Waals surface area contributed by atoms with E-state index in [0.29, 0.717) is 6.07 Å². The first-order valence-corrected chi connectivity index (χ1v) is 9.80. The van der Waals surface area contributed by atoms with Gasteiger partial charge in [-0.25, -0.2) is 4.79 Å². The third kappa shape index (κ3) is 2.90. The van der Waals surface area contributed by atoms with Crippen LogP contribution in [-0.2, 0) is 26.9 Å². The average Bonchev–Trinajstić information content (AvgIpc) is 3.21. The van der Waals surface area contributed by atoms with Crippen LogP contribution in [0.1, 0.15) is 49.4 Å². The van der Waals surface area contributed by atoms with Gasteiger partial charge in [-0.3, -0.25) is 4.57 Å². The minimum absolute atomic E-state index is 0.154. The molecule has 1 aromatic heterocycles. The van der Waals surface area contributed by atoms with Crippen molar-refractivity contribution in [2.24, 2.45) is 0 Å². The van der Waals surface area contributed by atoms with Crippen molar-refractivity contribution in [3.05, 3.63) is 40.5 Å². The maximum Gasteiger partial charge on any atom is 0.417 e. The summed E-state index contributed by atoms with van der Waals surface area (Å²) in [6.45, 7) is 5.08. The number of carbonyl (C=O) groups is 1. The van der Waals surface area contributed by atoms with Crippen LogP contribution in [0.3, 0.4) is 0 Å². The highest BCUT2D eigenvalue weighted by Gasteiger charge is 2.65. The molecule has 2 bridgehead atoms. The van der Waals surface area contributed by atoms with Gasteiger partial charge in [-0.05, 0) is 39.0 Å². The summed E-state index contributed by atoms with van der Waals surface area (Å²) in [5.74, 6) is -0.993. The van der Waals surface area contributed by atoms with Crippen molar-refractivity contribution in [1.82, 2.24) is 9.88 Å². The highest BCUT2D eigenvalue weighted by molar-refractivity contribution is 5.69. The van der Waals surface area contributed by atoms with Gasteiger partial charge in [0, 0.05) is 6.42 Å². The highest BCUT2D eigenvalue weighted by atomic mass is 19.4. The molecule has 4 rings (SSSR count). The predicted molar refractivity (Wildman–Crippen MR) is 103 cm³/mol. The number of alkyl halides is 3. The number of hydrogen-bond donors (Lipinski definition) is 3. The summed E-state index contributed by atoms with van der Waals surface area (Å²) in [6.07, 6.45) is -5.24. The molecule has 2 aliphatic rings. The number of nitrogens with zero attached hydrogens (tertiary/aromatic N) is 2. The third-order valence-corrected chi connectivity index (χ3v) is 6.10. The molecule has 1 amide bonds. The zero-order valence-corrected chi connectivity index (χ0v) is 17.4. The number of aromatic nitrogens is 1. The molecule has 2 aliphatic heterocycles. The number of ether oxygens (including phenoxy) is 2. The van der Waals surface area contributed by atoms with E-state index in [2.05, 4.69) is 5.32 Å². The Kier molecular flexibility index (Phi) is 4.64. The summed E-state index contributed by atoms with van der Waals surface area (Å²) in [4.78, 5) is 12.0. The Bertz CT molecular complexity index is 1170. The number of hydrogen-bond acceptors (Lipinski definition) is 6. The zero-order valence-electron chi connectivity index (χ0n) is 17.4. The second-order valence-electron chi connectivity index (χ2n) is 8.13. The van der Waals surface area contributed by atoms with Gasteiger partial charge in [0.05, 0.1) is 52.3 Å². The molecule has 1 aromatic carbocycles. The van der Waals surface area contributed by atoms with E-state index in [1.54, 1.807) is 20.8 Å². The summed E-state index contributed by atoms with van der Waals surface area (Å²) in [6, 6.07) is 3.74. The number of aromatic hydroxyl groups is 2. The van der Waals surface area contributed by atoms with E-state index in [-0.39, 0.29) is 29.8 Å². The van der Waals surface area contributed by atoms with Crippen LogP contribution >= 0.6 is 0 Å². The smallest absolute Gasteiger partial charge is 0.417 e. The van der Waals surface area contributed by atoms with Crippen LogP contribution < -0.4 is 5.32 Å². The van der Waals surface area contributed by atoms with E-state index in [9.17, 15) is 28.2 Å². The van der Waals surface area contributed by atoms with Crippen LogP contribution in [0.15, 0.2) is 18.2 Å². The molecule has 11 heteroatoms. The number of fused-ring (bicyclic) bond motifs is 5. The lowest BCUT2D eigenvalue weighted by Crippen LogP contribution is -2.47. The minimum Gasteiger partial charge on any atom is -0.494 e. The number of rotatable bonds is 3. The Hall–Kier alpha value is -3.39. The Morgan fingerprint density at radius 3 is 2.59 bits per heavy atom. The van der Waals surface area contributed by atoms with Crippen LogP contribution in [0.25, 0.3) is 5.69 Å². The Labute approximate surface area is 180 Å². The van der Waals surface area contributed by atoms with E-state index >= 15 is 0 Å². The Balaban J connectivity index is 1.85. The molecule has 3 heterocycles. The maximum absolute atomic E-state index is 13.4. The third-order valence-electron chi connectivity index (χ3n) is 6.10. The molecular weight excluding hydrogens is 431 g/mol. The topological polar surface area (TPSA) is 117 Å². The Morgan fingerprint density at radius 2 is 2.00 bits per heavy atom. The van der Waals surface area contributed by atoms with Crippen molar-refractivity contribution in [2.75, 3.05) is 6.61 Å². The van der Waals surface area contributed by atoms with Gasteiger partial charge < -0.3 is 25.0 Å².